The van der Waals surface area contributed by atoms with E-state index < -0.39 is 0 Å². The van der Waals surface area contributed by atoms with Gasteiger partial charge in [0.1, 0.15) is 5.75 Å². The highest BCUT2D eigenvalue weighted by molar-refractivity contribution is 6.35. The lowest BCUT2D eigenvalue weighted by Gasteiger charge is -2.15. The monoisotopic (exact) mass is 339 g/mol. The first-order valence-corrected chi connectivity index (χ1v) is 8.54. The third kappa shape index (κ3) is 2.59. The van der Waals surface area contributed by atoms with Gasteiger partial charge in [0.05, 0.1) is 17.1 Å². The van der Waals surface area contributed by atoms with E-state index in [9.17, 15) is 4.79 Å². The third-order valence-corrected chi connectivity index (χ3v) is 4.85. The summed E-state index contributed by atoms with van der Waals surface area (Å²) >= 11 is 6.51. The summed E-state index contributed by atoms with van der Waals surface area (Å²) in [5.41, 5.74) is 4.29. The van der Waals surface area contributed by atoms with Crippen molar-refractivity contribution in [2.75, 3.05) is 6.61 Å². The first kappa shape index (κ1) is 15.3. The van der Waals surface area contributed by atoms with Crippen LogP contribution in [0.1, 0.15) is 23.1 Å². The van der Waals surface area contributed by atoms with Gasteiger partial charge in [-0.3, -0.25) is 4.79 Å². The van der Waals surface area contributed by atoms with E-state index in [0.717, 1.165) is 35.1 Å². The van der Waals surface area contributed by atoms with E-state index in [0.29, 0.717) is 18.2 Å². The molecule has 0 atom stereocenters. The van der Waals surface area contributed by atoms with Gasteiger partial charge in [-0.2, -0.15) is 0 Å². The molecule has 4 heteroatoms. The van der Waals surface area contributed by atoms with Gasteiger partial charge in [-0.05, 0) is 31.0 Å². The van der Waals surface area contributed by atoms with E-state index in [2.05, 4.69) is 31.2 Å². The number of hydrogen-bond acceptors (Lipinski definition) is 2. The molecule has 0 unspecified atom stereocenters. The molecule has 24 heavy (non-hydrogen) atoms. The summed E-state index contributed by atoms with van der Waals surface area (Å²) in [6, 6.07) is 13.8. The number of aromatic nitrogens is 1. The Morgan fingerprint density at radius 1 is 1.17 bits per heavy atom. The molecule has 0 amide bonds. The van der Waals surface area contributed by atoms with Gasteiger partial charge in [-0.1, -0.05) is 41.4 Å². The molecule has 1 aliphatic heterocycles. The molecule has 0 N–H and O–H groups in total. The maximum absolute atomic E-state index is 12.3. The van der Waals surface area contributed by atoms with Crippen LogP contribution in [0.3, 0.4) is 0 Å². The Hall–Kier alpha value is -2.26. The summed E-state index contributed by atoms with van der Waals surface area (Å²) in [5.74, 6) is 0.796. The number of aryl methyl sites for hydroxylation is 2. The zero-order valence-electron chi connectivity index (χ0n) is 13.5. The van der Waals surface area contributed by atoms with E-state index in [1.807, 2.05) is 6.07 Å². The topological polar surface area (TPSA) is 31.2 Å². The van der Waals surface area contributed by atoms with Crippen molar-refractivity contribution in [2.45, 2.75) is 26.3 Å². The second kappa shape index (κ2) is 5.99. The minimum Gasteiger partial charge on any atom is -0.491 e. The lowest BCUT2D eigenvalue weighted by Crippen LogP contribution is -2.19. The van der Waals surface area contributed by atoms with Gasteiger partial charge in [0.15, 0.2) is 0 Å². The Kier molecular flexibility index (Phi) is 3.81. The molecule has 0 fully saturated rings. The van der Waals surface area contributed by atoms with Gasteiger partial charge in [-0.25, -0.2) is 0 Å². The summed E-state index contributed by atoms with van der Waals surface area (Å²) in [6.45, 7) is 3.35. The Labute approximate surface area is 145 Å². The lowest BCUT2D eigenvalue weighted by atomic mass is 10.0. The van der Waals surface area contributed by atoms with Crippen LogP contribution in [0.4, 0.5) is 0 Å². The van der Waals surface area contributed by atoms with Gasteiger partial charge < -0.3 is 9.30 Å². The molecule has 1 aliphatic rings. The smallest absolute Gasteiger partial charge is 0.251 e. The molecular weight excluding hydrogens is 322 g/mol. The van der Waals surface area contributed by atoms with E-state index in [1.165, 1.54) is 11.1 Å². The zero-order valence-corrected chi connectivity index (χ0v) is 14.3. The summed E-state index contributed by atoms with van der Waals surface area (Å²) < 4.78 is 7.83. The van der Waals surface area contributed by atoms with Crippen LogP contribution in [-0.4, -0.2) is 11.2 Å². The van der Waals surface area contributed by atoms with E-state index in [1.54, 1.807) is 16.7 Å². The molecule has 0 aliphatic carbocycles. The summed E-state index contributed by atoms with van der Waals surface area (Å²) in [6.07, 6.45) is 1.55. The summed E-state index contributed by atoms with van der Waals surface area (Å²) in [7, 11) is 0. The molecule has 0 radical (unpaired) electrons. The number of ether oxygens (including phenoxy) is 1. The molecule has 4 rings (SSSR count). The number of rotatable bonds is 2. The normalized spacial score (nSPS) is 13.6. The Morgan fingerprint density at radius 2 is 1.96 bits per heavy atom. The highest BCUT2D eigenvalue weighted by Gasteiger charge is 2.19. The van der Waals surface area contributed by atoms with Crippen LogP contribution in [0, 0.1) is 6.92 Å². The number of benzene rings is 2. The standard InChI is InChI=1S/C20H18ClNO2/c1-13-3-5-14(6-4-13)11-15-12-17(21)16-7-8-18(23)22-9-2-10-24-20(15)19(16)22/h3-8,12H,2,9-11H2,1H3. The molecule has 122 valence electrons. The lowest BCUT2D eigenvalue weighted by molar-refractivity contribution is 0.313. The second-order valence-electron chi connectivity index (χ2n) is 6.30. The quantitative estimate of drug-likeness (QED) is 0.695. The zero-order chi connectivity index (χ0) is 16.7. The molecule has 0 saturated heterocycles. The van der Waals surface area contributed by atoms with Crippen molar-refractivity contribution in [3.63, 3.8) is 0 Å². The second-order valence-corrected chi connectivity index (χ2v) is 6.70. The van der Waals surface area contributed by atoms with E-state index in [-0.39, 0.29) is 5.56 Å². The fourth-order valence-electron chi connectivity index (χ4n) is 3.30. The third-order valence-electron chi connectivity index (χ3n) is 4.54. The molecular formula is C20H18ClNO2. The van der Waals surface area contributed by atoms with Crippen molar-refractivity contribution in [1.29, 1.82) is 0 Å². The van der Waals surface area contributed by atoms with Crippen LogP contribution in [0.15, 0.2) is 47.3 Å². The molecule has 3 nitrogen and oxygen atoms in total. The Balaban J connectivity index is 1.94. The van der Waals surface area contributed by atoms with E-state index >= 15 is 0 Å². The van der Waals surface area contributed by atoms with Gasteiger partial charge in [0.2, 0.25) is 0 Å². The van der Waals surface area contributed by atoms with Crippen LogP contribution in [-0.2, 0) is 13.0 Å². The predicted octanol–water partition coefficient (Wildman–Crippen LogP) is 4.34. The highest BCUT2D eigenvalue weighted by atomic mass is 35.5. The average Bonchev–Trinajstić information content (AvgIpc) is 2.80. The number of hydrogen-bond donors (Lipinski definition) is 0. The summed E-state index contributed by atoms with van der Waals surface area (Å²) in [4.78, 5) is 12.3. The van der Waals surface area contributed by atoms with Crippen LogP contribution < -0.4 is 10.3 Å². The molecule has 1 aromatic heterocycles. The van der Waals surface area contributed by atoms with Crippen molar-refractivity contribution in [2.24, 2.45) is 0 Å². The first-order valence-electron chi connectivity index (χ1n) is 8.17. The summed E-state index contributed by atoms with van der Waals surface area (Å²) in [5, 5.41) is 1.54. The molecule has 2 heterocycles. The minimum atomic E-state index is -0.00203. The Morgan fingerprint density at radius 3 is 2.75 bits per heavy atom. The molecule has 3 aromatic rings. The van der Waals surface area contributed by atoms with Crippen molar-refractivity contribution in [3.05, 3.63) is 74.5 Å². The molecule has 0 saturated carbocycles. The SMILES string of the molecule is Cc1ccc(Cc2cc(Cl)c3ccc(=O)n4c3c2OCCC4)cc1. The highest BCUT2D eigenvalue weighted by Crippen LogP contribution is 2.37. The van der Waals surface area contributed by atoms with Crippen LogP contribution in [0.2, 0.25) is 5.02 Å². The molecule has 2 aromatic carbocycles. The predicted molar refractivity (Wildman–Crippen MR) is 97.3 cm³/mol. The Bertz CT molecular complexity index is 974. The van der Waals surface area contributed by atoms with Gasteiger partial charge in [-0.15, -0.1) is 0 Å². The number of halogens is 1. The van der Waals surface area contributed by atoms with Crippen molar-refractivity contribution in [3.8, 4) is 5.75 Å². The van der Waals surface area contributed by atoms with Crippen molar-refractivity contribution >= 4 is 22.5 Å². The van der Waals surface area contributed by atoms with Crippen molar-refractivity contribution in [1.82, 2.24) is 4.57 Å². The van der Waals surface area contributed by atoms with Crippen LogP contribution in [0.25, 0.3) is 10.9 Å². The average molecular weight is 340 g/mol. The maximum Gasteiger partial charge on any atom is 0.251 e. The van der Waals surface area contributed by atoms with Crippen LogP contribution in [0.5, 0.6) is 5.75 Å². The van der Waals surface area contributed by atoms with Gasteiger partial charge >= 0.3 is 0 Å². The van der Waals surface area contributed by atoms with Crippen molar-refractivity contribution < 1.29 is 4.74 Å². The first-order chi connectivity index (χ1) is 11.6. The van der Waals surface area contributed by atoms with Gasteiger partial charge in [0.25, 0.3) is 5.56 Å². The van der Waals surface area contributed by atoms with Gasteiger partial charge in [0, 0.05) is 30.0 Å². The fourth-order valence-corrected chi connectivity index (χ4v) is 3.59. The maximum atomic E-state index is 12.3. The van der Waals surface area contributed by atoms with Crippen LogP contribution >= 0.6 is 11.6 Å². The molecule has 0 bridgehead atoms. The number of nitrogens with zero attached hydrogens (tertiary/aromatic N) is 1. The van der Waals surface area contributed by atoms with E-state index in [4.69, 9.17) is 16.3 Å². The largest absolute Gasteiger partial charge is 0.491 e. The number of pyridine rings is 1. The fraction of sp³-hybridized carbons (Fsp3) is 0.250. The minimum absolute atomic E-state index is 0.00203. The molecule has 0 spiro atoms.